The Morgan fingerprint density at radius 1 is 1.17 bits per heavy atom. The second-order valence-electron chi connectivity index (χ2n) is 5.09. The molecule has 1 amide bonds. The Morgan fingerprint density at radius 3 is 1.94 bits per heavy atom. The Kier molecular flexibility index (Phi) is 3.92. The minimum Gasteiger partial charge on any atom is -0.481 e. The van der Waals surface area contributed by atoms with E-state index in [1.807, 2.05) is 0 Å². The Morgan fingerprint density at radius 2 is 1.61 bits per heavy atom. The average Bonchev–Trinajstić information content (AvgIpc) is 2.26. The van der Waals surface area contributed by atoms with Gasteiger partial charge in [0.15, 0.2) is 0 Å². The SMILES string of the molecule is CC(C)(C(=O)O)C1CCN(C(=O)C(F)(F)F)CC1. The monoisotopic (exact) mass is 267 g/mol. The number of likely N-dealkylation sites (tertiary alicyclic amines) is 1. The molecule has 0 unspecified atom stereocenters. The van der Waals surface area contributed by atoms with Gasteiger partial charge in [0.05, 0.1) is 5.41 Å². The molecule has 1 heterocycles. The van der Waals surface area contributed by atoms with Gasteiger partial charge in [-0.15, -0.1) is 0 Å². The van der Waals surface area contributed by atoms with Crippen LogP contribution in [0.15, 0.2) is 0 Å². The van der Waals surface area contributed by atoms with E-state index in [1.165, 1.54) is 0 Å². The first-order chi connectivity index (χ1) is 8.06. The smallest absolute Gasteiger partial charge is 0.471 e. The predicted molar refractivity (Wildman–Crippen MR) is 56.8 cm³/mol. The van der Waals surface area contributed by atoms with Gasteiger partial charge in [0.1, 0.15) is 0 Å². The zero-order valence-corrected chi connectivity index (χ0v) is 10.3. The Hall–Kier alpha value is -1.27. The van der Waals surface area contributed by atoms with E-state index in [0.717, 1.165) is 4.90 Å². The Balaban J connectivity index is 2.62. The molecule has 1 N–H and O–H groups in total. The quantitative estimate of drug-likeness (QED) is 0.831. The van der Waals surface area contributed by atoms with E-state index < -0.39 is 23.5 Å². The molecule has 1 aliphatic rings. The van der Waals surface area contributed by atoms with Gasteiger partial charge in [-0.3, -0.25) is 9.59 Å². The first-order valence-electron chi connectivity index (χ1n) is 5.66. The lowest BCUT2D eigenvalue weighted by Gasteiger charge is -2.38. The van der Waals surface area contributed by atoms with Crippen LogP contribution in [0.2, 0.25) is 0 Å². The van der Waals surface area contributed by atoms with Crippen LogP contribution in [0.4, 0.5) is 13.2 Å². The molecule has 1 fully saturated rings. The van der Waals surface area contributed by atoms with E-state index in [2.05, 4.69) is 0 Å². The maximum absolute atomic E-state index is 12.2. The molecule has 1 rings (SSSR count). The van der Waals surface area contributed by atoms with Crippen LogP contribution in [0.1, 0.15) is 26.7 Å². The number of nitrogens with zero attached hydrogens (tertiary/aromatic N) is 1. The van der Waals surface area contributed by atoms with Crippen LogP contribution in [0.25, 0.3) is 0 Å². The number of hydrogen-bond acceptors (Lipinski definition) is 2. The molecule has 0 radical (unpaired) electrons. The zero-order chi connectivity index (χ0) is 14.1. The minimum absolute atomic E-state index is 0.0419. The summed E-state index contributed by atoms with van der Waals surface area (Å²) in [5, 5.41) is 9.04. The molecular weight excluding hydrogens is 251 g/mol. The maximum atomic E-state index is 12.2. The van der Waals surface area contributed by atoms with Crippen molar-refractivity contribution in [3.05, 3.63) is 0 Å². The van der Waals surface area contributed by atoms with E-state index in [0.29, 0.717) is 0 Å². The highest BCUT2D eigenvalue weighted by atomic mass is 19.4. The van der Waals surface area contributed by atoms with Crippen LogP contribution < -0.4 is 0 Å². The lowest BCUT2D eigenvalue weighted by molar-refractivity contribution is -0.187. The molecule has 0 aliphatic carbocycles. The highest BCUT2D eigenvalue weighted by molar-refractivity contribution is 5.82. The lowest BCUT2D eigenvalue weighted by Crippen LogP contribution is -2.48. The topological polar surface area (TPSA) is 57.6 Å². The molecule has 0 atom stereocenters. The number of carboxylic acid groups (broad SMARTS) is 1. The van der Waals surface area contributed by atoms with E-state index >= 15 is 0 Å². The van der Waals surface area contributed by atoms with Gasteiger partial charge in [-0.2, -0.15) is 13.2 Å². The summed E-state index contributed by atoms with van der Waals surface area (Å²) in [7, 11) is 0. The third kappa shape index (κ3) is 2.94. The number of halogens is 3. The van der Waals surface area contributed by atoms with Crippen molar-refractivity contribution in [2.75, 3.05) is 13.1 Å². The number of aliphatic carboxylic acids is 1. The molecule has 4 nitrogen and oxygen atoms in total. The van der Waals surface area contributed by atoms with Gasteiger partial charge < -0.3 is 10.0 Å². The van der Waals surface area contributed by atoms with Crippen LogP contribution in [0, 0.1) is 11.3 Å². The minimum atomic E-state index is -4.85. The summed E-state index contributed by atoms with van der Waals surface area (Å²) < 4.78 is 36.6. The zero-order valence-electron chi connectivity index (χ0n) is 10.3. The summed E-state index contributed by atoms with van der Waals surface area (Å²) in [5.41, 5.74) is -0.979. The molecular formula is C11H16F3NO3. The number of carboxylic acids is 1. The van der Waals surface area contributed by atoms with Gasteiger partial charge in [0.25, 0.3) is 0 Å². The van der Waals surface area contributed by atoms with Crippen molar-refractivity contribution in [2.24, 2.45) is 11.3 Å². The summed E-state index contributed by atoms with van der Waals surface area (Å²) in [6.07, 6.45) is -4.29. The molecule has 1 aliphatic heterocycles. The van der Waals surface area contributed by atoms with E-state index in [4.69, 9.17) is 5.11 Å². The average molecular weight is 267 g/mol. The van der Waals surface area contributed by atoms with E-state index in [1.54, 1.807) is 13.8 Å². The number of amides is 1. The van der Waals surface area contributed by atoms with Crippen LogP contribution in [0.5, 0.6) is 0 Å². The molecule has 104 valence electrons. The fraction of sp³-hybridized carbons (Fsp3) is 0.818. The third-order valence-corrected chi connectivity index (χ3v) is 3.60. The highest BCUT2D eigenvalue weighted by Crippen LogP contribution is 2.36. The molecule has 0 aromatic carbocycles. The second-order valence-corrected chi connectivity index (χ2v) is 5.09. The summed E-state index contributed by atoms with van der Waals surface area (Å²) in [6, 6.07) is 0. The number of carbonyl (C=O) groups is 2. The number of rotatable bonds is 2. The largest absolute Gasteiger partial charge is 0.481 e. The fourth-order valence-electron chi connectivity index (χ4n) is 2.16. The number of hydrogen-bond donors (Lipinski definition) is 1. The van der Waals surface area contributed by atoms with Crippen molar-refractivity contribution in [2.45, 2.75) is 32.9 Å². The Bertz CT molecular complexity index is 344. The summed E-state index contributed by atoms with van der Waals surface area (Å²) in [4.78, 5) is 22.8. The van der Waals surface area contributed by atoms with Gasteiger partial charge in [-0.1, -0.05) is 0 Å². The predicted octanol–water partition coefficient (Wildman–Crippen LogP) is 1.90. The van der Waals surface area contributed by atoms with Crippen molar-refractivity contribution in [1.82, 2.24) is 4.90 Å². The van der Waals surface area contributed by atoms with Gasteiger partial charge in [-0.25, -0.2) is 0 Å². The molecule has 0 aromatic heterocycles. The lowest BCUT2D eigenvalue weighted by atomic mass is 9.74. The van der Waals surface area contributed by atoms with Gasteiger partial charge in [-0.05, 0) is 32.6 Å². The highest BCUT2D eigenvalue weighted by Gasteiger charge is 2.45. The molecule has 1 saturated heterocycles. The van der Waals surface area contributed by atoms with Crippen LogP contribution >= 0.6 is 0 Å². The second kappa shape index (κ2) is 4.78. The third-order valence-electron chi connectivity index (χ3n) is 3.60. The van der Waals surface area contributed by atoms with E-state index in [9.17, 15) is 22.8 Å². The number of alkyl halides is 3. The van der Waals surface area contributed by atoms with E-state index in [-0.39, 0.29) is 31.8 Å². The molecule has 7 heteroatoms. The molecule has 0 aromatic rings. The van der Waals surface area contributed by atoms with Crippen molar-refractivity contribution >= 4 is 11.9 Å². The number of carbonyl (C=O) groups excluding carboxylic acids is 1. The summed E-state index contributed by atoms with van der Waals surface area (Å²) >= 11 is 0. The van der Waals surface area contributed by atoms with Crippen LogP contribution in [-0.4, -0.2) is 41.1 Å². The van der Waals surface area contributed by atoms with Crippen LogP contribution in [0.3, 0.4) is 0 Å². The summed E-state index contributed by atoms with van der Waals surface area (Å²) in [6.45, 7) is 3.03. The molecule has 0 saturated carbocycles. The maximum Gasteiger partial charge on any atom is 0.471 e. The van der Waals surface area contributed by atoms with Crippen molar-refractivity contribution in [3.8, 4) is 0 Å². The van der Waals surface area contributed by atoms with Crippen molar-refractivity contribution in [1.29, 1.82) is 0 Å². The molecule has 0 spiro atoms. The van der Waals surface area contributed by atoms with Crippen molar-refractivity contribution < 1.29 is 27.9 Å². The fourth-order valence-corrected chi connectivity index (χ4v) is 2.16. The van der Waals surface area contributed by atoms with Crippen molar-refractivity contribution in [3.63, 3.8) is 0 Å². The first-order valence-corrected chi connectivity index (χ1v) is 5.66. The van der Waals surface area contributed by atoms with Gasteiger partial charge in [0, 0.05) is 13.1 Å². The standard InChI is InChI=1S/C11H16F3NO3/c1-10(2,9(17)18)7-3-5-15(6-4-7)8(16)11(12,13)14/h7H,3-6H2,1-2H3,(H,17,18). The Labute approximate surface area is 103 Å². The summed E-state index contributed by atoms with van der Waals surface area (Å²) in [5.74, 6) is -3.02. The first kappa shape index (κ1) is 14.8. The molecule has 0 bridgehead atoms. The van der Waals surface area contributed by atoms with Gasteiger partial charge in [0.2, 0.25) is 0 Å². The van der Waals surface area contributed by atoms with Gasteiger partial charge >= 0.3 is 18.1 Å². The molecule has 18 heavy (non-hydrogen) atoms. The number of piperidine rings is 1. The normalized spacial score (nSPS) is 18.8. The van der Waals surface area contributed by atoms with Crippen LogP contribution in [-0.2, 0) is 9.59 Å².